The van der Waals surface area contributed by atoms with E-state index in [2.05, 4.69) is 10.4 Å². The van der Waals surface area contributed by atoms with Crippen LogP contribution in [0.5, 0.6) is 5.75 Å². The van der Waals surface area contributed by atoms with Crippen LogP contribution in [0.3, 0.4) is 0 Å². The number of ether oxygens (including phenoxy) is 1. The van der Waals surface area contributed by atoms with Gasteiger partial charge in [0.05, 0.1) is 6.61 Å². The highest BCUT2D eigenvalue weighted by Gasteiger charge is 2.16. The van der Waals surface area contributed by atoms with E-state index in [0.717, 1.165) is 15.4 Å². The maximum atomic E-state index is 13.7. The Kier molecular flexibility index (Phi) is 3.84. The lowest BCUT2D eigenvalue weighted by molar-refractivity contribution is 0.129. The molecule has 0 aliphatic heterocycles. The van der Waals surface area contributed by atoms with Gasteiger partial charge < -0.3 is 9.84 Å². The fraction of sp³-hybridized carbons (Fsp3) is 0.417. The summed E-state index contributed by atoms with van der Waals surface area (Å²) < 4.78 is 21.2. The average molecular weight is 282 g/mol. The van der Waals surface area contributed by atoms with E-state index < -0.39 is 17.6 Å². The van der Waals surface area contributed by atoms with E-state index in [1.807, 2.05) is 0 Å². The maximum absolute atomic E-state index is 13.7. The molecule has 0 bridgehead atoms. The molecule has 0 aliphatic carbocycles. The Labute approximate surface area is 114 Å². The normalized spacial score (nSPS) is 12.4. The summed E-state index contributed by atoms with van der Waals surface area (Å²) in [6.45, 7) is 2.96. The molecule has 1 N–H and O–H groups in total. The molecule has 1 heterocycles. The van der Waals surface area contributed by atoms with E-state index in [-0.39, 0.29) is 18.0 Å². The predicted molar refractivity (Wildman–Crippen MR) is 68.5 cm³/mol. The van der Waals surface area contributed by atoms with Crippen molar-refractivity contribution in [2.75, 3.05) is 6.61 Å². The number of rotatable bonds is 4. The molecule has 0 aliphatic rings. The predicted octanol–water partition coefficient (Wildman–Crippen LogP) is 0.173. The molecule has 0 saturated heterocycles. The van der Waals surface area contributed by atoms with Crippen LogP contribution in [-0.4, -0.2) is 37.6 Å². The van der Waals surface area contributed by atoms with E-state index in [9.17, 15) is 9.18 Å². The van der Waals surface area contributed by atoms with E-state index in [4.69, 9.17) is 9.84 Å². The fourth-order valence-electron chi connectivity index (χ4n) is 1.63. The summed E-state index contributed by atoms with van der Waals surface area (Å²) in [7, 11) is 1.46. The highest BCUT2D eigenvalue weighted by Crippen LogP contribution is 2.26. The summed E-state index contributed by atoms with van der Waals surface area (Å²) in [6, 6.07) is 2.61. The summed E-state index contributed by atoms with van der Waals surface area (Å²) in [5, 5.41) is 16.3. The minimum Gasteiger partial charge on any atom is -0.486 e. The SMILES string of the molecule is Cc1cc(-n2nnn(C)c2=O)c(O[C@H](C)CO)cc1F. The largest absolute Gasteiger partial charge is 0.486 e. The number of aliphatic hydroxyl groups excluding tert-OH is 1. The van der Waals surface area contributed by atoms with Gasteiger partial charge in [-0.2, -0.15) is 9.36 Å². The lowest BCUT2D eigenvalue weighted by Crippen LogP contribution is -2.24. The molecule has 2 rings (SSSR count). The van der Waals surface area contributed by atoms with Crippen LogP contribution in [0.1, 0.15) is 12.5 Å². The Morgan fingerprint density at radius 1 is 1.45 bits per heavy atom. The van der Waals surface area contributed by atoms with Crippen molar-refractivity contribution in [1.29, 1.82) is 0 Å². The number of hydrogen-bond donors (Lipinski definition) is 1. The molecule has 1 aromatic heterocycles. The molecule has 0 fully saturated rings. The minimum atomic E-state index is -0.539. The Hall–Kier alpha value is -2.22. The number of benzene rings is 1. The first-order chi connectivity index (χ1) is 9.43. The van der Waals surface area contributed by atoms with Gasteiger partial charge in [-0.3, -0.25) is 0 Å². The number of aryl methyl sites for hydroxylation is 2. The van der Waals surface area contributed by atoms with Gasteiger partial charge in [0.1, 0.15) is 23.4 Å². The van der Waals surface area contributed by atoms with Gasteiger partial charge in [0.25, 0.3) is 0 Å². The molecule has 8 heteroatoms. The highest BCUT2D eigenvalue weighted by atomic mass is 19.1. The molecule has 0 radical (unpaired) electrons. The van der Waals surface area contributed by atoms with E-state index in [0.29, 0.717) is 5.56 Å². The fourth-order valence-corrected chi connectivity index (χ4v) is 1.63. The zero-order valence-electron chi connectivity index (χ0n) is 11.4. The molecule has 1 atom stereocenters. The first-order valence-electron chi connectivity index (χ1n) is 6.01. The number of aromatic nitrogens is 4. The molecule has 20 heavy (non-hydrogen) atoms. The van der Waals surface area contributed by atoms with Crippen molar-refractivity contribution < 1.29 is 14.2 Å². The number of aliphatic hydroxyl groups is 1. The third-order valence-corrected chi connectivity index (χ3v) is 2.78. The third kappa shape index (κ3) is 2.55. The Morgan fingerprint density at radius 2 is 2.15 bits per heavy atom. The van der Waals surface area contributed by atoms with Crippen molar-refractivity contribution in [2.24, 2.45) is 7.05 Å². The second-order valence-electron chi connectivity index (χ2n) is 4.48. The van der Waals surface area contributed by atoms with Crippen molar-refractivity contribution in [1.82, 2.24) is 19.8 Å². The van der Waals surface area contributed by atoms with Gasteiger partial charge >= 0.3 is 5.69 Å². The lowest BCUT2D eigenvalue weighted by Gasteiger charge is -2.15. The number of hydrogen-bond acceptors (Lipinski definition) is 5. The average Bonchev–Trinajstić information content (AvgIpc) is 2.74. The molecule has 0 spiro atoms. The molecule has 0 unspecified atom stereocenters. The molecule has 108 valence electrons. The lowest BCUT2D eigenvalue weighted by atomic mass is 10.2. The van der Waals surface area contributed by atoms with Crippen LogP contribution in [0.4, 0.5) is 4.39 Å². The third-order valence-electron chi connectivity index (χ3n) is 2.78. The summed E-state index contributed by atoms with van der Waals surface area (Å²) in [5.74, 6) is -0.344. The van der Waals surface area contributed by atoms with Gasteiger partial charge in [0, 0.05) is 13.1 Å². The van der Waals surface area contributed by atoms with Crippen molar-refractivity contribution in [3.63, 3.8) is 0 Å². The maximum Gasteiger partial charge on any atom is 0.368 e. The zero-order valence-corrected chi connectivity index (χ0v) is 11.4. The van der Waals surface area contributed by atoms with Gasteiger partial charge in [-0.15, -0.1) is 0 Å². The van der Waals surface area contributed by atoms with Crippen LogP contribution in [0, 0.1) is 12.7 Å². The van der Waals surface area contributed by atoms with Crippen LogP contribution >= 0.6 is 0 Å². The molecule has 1 aromatic carbocycles. The highest BCUT2D eigenvalue weighted by molar-refractivity contribution is 5.48. The van der Waals surface area contributed by atoms with E-state index in [1.54, 1.807) is 13.8 Å². The quantitative estimate of drug-likeness (QED) is 0.864. The second kappa shape index (κ2) is 5.41. The molecule has 2 aromatic rings. The number of tetrazole rings is 1. The Morgan fingerprint density at radius 3 is 2.70 bits per heavy atom. The smallest absolute Gasteiger partial charge is 0.368 e. The summed E-state index contributed by atoms with van der Waals surface area (Å²) >= 11 is 0. The van der Waals surface area contributed by atoms with E-state index in [1.165, 1.54) is 13.1 Å². The molecular weight excluding hydrogens is 267 g/mol. The van der Waals surface area contributed by atoms with Crippen LogP contribution in [-0.2, 0) is 7.05 Å². The van der Waals surface area contributed by atoms with E-state index >= 15 is 0 Å². The van der Waals surface area contributed by atoms with Crippen molar-refractivity contribution >= 4 is 0 Å². The van der Waals surface area contributed by atoms with Crippen LogP contribution in [0.25, 0.3) is 5.69 Å². The van der Waals surface area contributed by atoms with Crippen LogP contribution < -0.4 is 10.4 Å². The summed E-state index contributed by atoms with van der Waals surface area (Å²) in [5.41, 5.74) is 0.154. The van der Waals surface area contributed by atoms with Crippen molar-refractivity contribution in [2.45, 2.75) is 20.0 Å². The topological polar surface area (TPSA) is 82.2 Å². The number of nitrogens with zero attached hydrogens (tertiary/aromatic N) is 4. The van der Waals surface area contributed by atoms with Crippen LogP contribution in [0.15, 0.2) is 16.9 Å². The molecule has 0 amide bonds. The van der Waals surface area contributed by atoms with Gasteiger partial charge in [-0.05, 0) is 35.9 Å². The standard InChI is InChI=1S/C12H15FN4O3/c1-7-4-10(17-12(19)16(3)14-15-17)11(5-9(7)13)20-8(2)6-18/h4-5,8,18H,6H2,1-3H3/t8-/m1/s1. The summed E-state index contributed by atoms with van der Waals surface area (Å²) in [4.78, 5) is 11.9. The monoisotopic (exact) mass is 282 g/mol. The Balaban J connectivity index is 2.58. The summed E-state index contributed by atoms with van der Waals surface area (Å²) in [6.07, 6.45) is -0.539. The Bertz CT molecular complexity index is 680. The zero-order chi connectivity index (χ0) is 14.9. The first-order valence-corrected chi connectivity index (χ1v) is 6.01. The van der Waals surface area contributed by atoms with Gasteiger partial charge in [0.15, 0.2) is 0 Å². The van der Waals surface area contributed by atoms with Crippen LogP contribution in [0.2, 0.25) is 0 Å². The van der Waals surface area contributed by atoms with Gasteiger partial charge in [-0.1, -0.05) is 0 Å². The second-order valence-corrected chi connectivity index (χ2v) is 4.48. The number of halogens is 1. The molecular formula is C12H15FN4O3. The van der Waals surface area contributed by atoms with Gasteiger partial charge in [0.2, 0.25) is 0 Å². The first kappa shape index (κ1) is 14.2. The van der Waals surface area contributed by atoms with Gasteiger partial charge in [-0.25, -0.2) is 9.18 Å². The van der Waals surface area contributed by atoms with Crippen molar-refractivity contribution in [3.8, 4) is 11.4 Å². The molecule has 7 nitrogen and oxygen atoms in total. The van der Waals surface area contributed by atoms with Crippen molar-refractivity contribution in [3.05, 3.63) is 34.0 Å². The molecule has 0 saturated carbocycles. The minimum absolute atomic E-state index is 0.122.